The number of nitrogens with two attached hydrogens (primary N) is 1. The van der Waals surface area contributed by atoms with Crippen molar-refractivity contribution < 1.29 is 4.39 Å². The van der Waals surface area contributed by atoms with Gasteiger partial charge < -0.3 is 5.73 Å². The highest BCUT2D eigenvalue weighted by Crippen LogP contribution is 2.30. The van der Waals surface area contributed by atoms with Crippen molar-refractivity contribution in [1.82, 2.24) is 4.98 Å². The molecule has 0 spiro atoms. The molecule has 3 rings (SSSR count). The van der Waals surface area contributed by atoms with Crippen LogP contribution in [0.2, 0.25) is 0 Å². The highest BCUT2D eigenvalue weighted by Gasteiger charge is 2.08. The van der Waals surface area contributed by atoms with Crippen molar-refractivity contribution in [2.75, 3.05) is 5.73 Å². The Morgan fingerprint density at radius 1 is 1.11 bits per heavy atom. The van der Waals surface area contributed by atoms with Crippen LogP contribution in [0.4, 0.5) is 10.1 Å². The Morgan fingerprint density at radius 2 is 1.95 bits per heavy atom. The fourth-order valence-electron chi connectivity index (χ4n) is 2.32. The third-order valence-corrected chi connectivity index (χ3v) is 3.16. The molecule has 0 unspecified atom stereocenters. The molecule has 0 bridgehead atoms. The van der Waals surface area contributed by atoms with Gasteiger partial charge in [-0.2, -0.15) is 0 Å². The van der Waals surface area contributed by atoms with E-state index in [0.29, 0.717) is 5.69 Å². The predicted molar refractivity (Wildman–Crippen MR) is 76.3 cm³/mol. The number of aromatic nitrogens is 1. The van der Waals surface area contributed by atoms with Gasteiger partial charge in [-0.3, -0.25) is 4.98 Å². The monoisotopic (exact) mass is 252 g/mol. The van der Waals surface area contributed by atoms with Gasteiger partial charge >= 0.3 is 0 Å². The summed E-state index contributed by atoms with van der Waals surface area (Å²) in [5.74, 6) is -0.240. The summed E-state index contributed by atoms with van der Waals surface area (Å²) in [6.45, 7) is 1.87. The number of benzene rings is 2. The van der Waals surface area contributed by atoms with Crippen molar-refractivity contribution in [3.05, 3.63) is 60.0 Å². The highest BCUT2D eigenvalue weighted by molar-refractivity contribution is 5.99. The molecule has 0 amide bonds. The lowest BCUT2D eigenvalue weighted by atomic mass is 10.00. The van der Waals surface area contributed by atoms with E-state index in [1.165, 1.54) is 12.1 Å². The number of hydrogen-bond donors (Lipinski definition) is 1. The van der Waals surface area contributed by atoms with Crippen LogP contribution in [0.5, 0.6) is 0 Å². The Labute approximate surface area is 110 Å². The summed E-state index contributed by atoms with van der Waals surface area (Å²) in [5, 5.41) is 0.891. The first-order valence-corrected chi connectivity index (χ1v) is 6.06. The molecular formula is C16H13FN2. The molecule has 3 aromatic rings. The second-order valence-electron chi connectivity index (χ2n) is 4.62. The normalized spacial score (nSPS) is 10.8. The van der Waals surface area contributed by atoms with Gasteiger partial charge in [0.15, 0.2) is 0 Å². The molecule has 94 valence electrons. The smallest absolute Gasteiger partial charge is 0.124 e. The number of anilines is 1. The molecule has 0 aliphatic heterocycles. The minimum Gasteiger partial charge on any atom is -0.398 e. The molecule has 0 fully saturated rings. The van der Waals surface area contributed by atoms with Gasteiger partial charge in [-0.05, 0) is 36.2 Å². The zero-order valence-corrected chi connectivity index (χ0v) is 10.5. The van der Waals surface area contributed by atoms with Crippen molar-refractivity contribution in [1.29, 1.82) is 0 Å². The molecule has 2 N–H and O–H groups in total. The van der Waals surface area contributed by atoms with Crippen molar-refractivity contribution in [3.8, 4) is 11.1 Å². The Bertz CT molecular complexity index is 746. The standard InChI is InChI=1S/C16H13FN2/c1-10-7-11(9-12(17)8-10)13-3-2-4-14-15(18)5-6-19-16(13)14/h2-9H,1H3,(H2,18,19). The van der Waals surface area contributed by atoms with Gasteiger partial charge in [-0.15, -0.1) is 0 Å². The summed E-state index contributed by atoms with van der Waals surface area (Å²) in [7, 11) is 0. The fraction of sp³-hybridized carbons (Fsp3) is 0.0625. The van der Waals surface area contributed by atoms with Gasteiger partial charge in [0.25, 0.3) is 0 Å². The second kappa shape index (κ2) is 4.35. The summed E-state index contributed by atoms with van der Waals surface area (Å²) in [4.78, 5) is 4.38. The highest BCUT2D eigenvalue weighted by atomic mass is 19.1. The van der Waals surface area contributed by atoms with Crippen molar-refractivity contribution >= 4 is 16.6 Å². The van der Waals surface area contributed by atoms with Gasteiger partial charge in [0.2, 0.25) is 0 Å². The summed E-state index contributed by atoms with van der Waals surface area (Å²) in [6, 6.07) is 12.5. The number of aryl methyl sites for hydroxylation is 1. The molecule has 0 aliphatic carbocycles. The van der Waals surface area contributed by atoms with Crippen LogP contribution in [0.15, 0.2) is 48.7 Å². The lowest BCUT2D eigenvalue weighted by Gasteiger charge is -2.08. The third-order valence-electron chi connectivity index (χ3n) is 3.16. The lowest BCUT2D eigenvalue weighted by molar-refractivity contribution is 0.627. The maximum Gasteiger partial charge on any atom is 0.124 e. The number of halogens is 1. The maximum atomic E-state index is 13.5. The van der Waals surface area contributed by atoms with Crippen LogP contribution in [0.1, 0.15) is 5.56 Å². The van der Waals surface area contributed by atoms with E-state index in [1.807, 2.05) is 31.2 Å². The molecule has 0 radical (unpaired) electrons. The number of nitrogens with zero attached hydrogens (tertiary/aromatic N) is 1. The van der Waals surface area contributed by atoms with Gasteiger partial charge in [0, 0.05) is 22.8 Å². The zero-order valence-electron chi connectivity index (χ0n) is 10.5. The minimum absolute atomic E-state index is 0.240. The van der Waals surface area contributed by atoms with Gasteiger partial charge in [0.1, 0.15) is 5.82 Å². The van der Waals surface area contributed by atoms with E-state index in [2.05, 4.69) is 4.98 Å². The molecule has 1 aromatic heterocycles. The average Bonchev–Trinajstić information content (AvgIpc) is 2.37. The molecule has 0 aliphatic rings. The van der Waals surface area contributed by atoms with Crippen molar-refractivity contribution in [2.45, 2.75) is 6.92 Å². The van der Waals surface area contributed by atoms with Crippen LogP contribution in [0.25, 0.3) is 22.0 Å². The molecule has 2 aromatic carbocycles. The summed E-state index contributed by atoms with van der Waals surface area (Å²) in [6.07, 6.45) is 1.67. The molecular weight excluding hydrogens is 239 g/mol. The van der Waals surface area contributed by atoms with E-state index in [0.717, 1.165) is 27.6 Å². The van der Waals surface area contributed by atoms with Crippen LogP contribution in [-0.4, -0.2) is 4.98 Å². The van der Waals surface area contributed by atoms with Gasteiger partial charge in [-0.25, -0.2) is 4.39 Å². The Balaban J connectivity index is 2.33. The molecule has 3 heteroatoms. The maximum absolute atomic E-state index is 13.5. The third kappa shape index (κ3) is 2.03. The van der Waals surface area contributed by atoms with Gasteiger partial charge in [0.05, 0.1) is 5.52 Å². The van der Waals surface area contributed by atoms with Crippen molar-refractivity contribution in [2.24, 2.45) is 0 Å². The van der Waals surface area contributed by atoms with Crippen molar-refractivity contribution in [3.63, 3.8) is 0 Å². The van der Waals surface area contributed by atoms with E-state index < -0.39 is 0 Å². The van der Waals surface area contributed by atoms with Crippen LogP contribution in [-0.2, 0) is 0 Å². The number of para-hydroxylation sites is 1. The number of hydrogen-bond acceptors (Lipinski definition) is 2. The molecule has 0 atom stereocenters. The zero-order chi connectivity index (χ0) is 13.4. The van der Waals surface area contributed by atoms with E-state index in [4.69, 9.17) is 5.73 Å². The second-order valence-corrected chi connectivity index (χ2v) is 4.62. The minimum atomic E-state index is -0.240. The van der Waals surface area contributed by atoms with Crippen LogP contribution in [0.3, 0.4) is 0 Å². The average molecular weight is 252 g/mol. The fourth-order valence-corrected chi connectivity index (χ4v) is 2.32. The van der Waals surface area contributed by atoms with E-state index in [-0.39, 0.29) is 5.82 Å². The molecule has 19 heavy (non-hydrogen) atoms. The number of rotatable bonds is 1. The largest absolute Gasteiger partial charge is 0.398 e. The number of pyridine rings is 1. The summed E-state index contributed by atoms with van der Waals surface area (Å²) in [5.41, 5.74) is 10.0. The van der Waals surface area contributed by atoms with E-state index in [1.54, 1.807) is 12.3 Å². The number of fused-ring (bicyclic) bond motifs is 1. The number of nitrogen functional groups attached to an aromatic ring is 1. The molecule has 1 heterocycles. The first kappa shape index (κ1) is 11.7. The molecule has 0 saturated heterocycles. The predicted octanol–water partition coefficient (Wildman–Crippen LogP) is 3.93. The van der Waals surface area contributed by atoms with E-state index >= 15 is 0 Å². The Hall–Kier alpha value is -2.42. The molecule has 0 saturated carbocycles. The lowest BCUT2D eigenvalue weighted by Crippen LogP contribution is -1.91. The van der Waals surface area contributed by atoms with Crippen LogP contribution in [0, 0.1) is 12.7 Å². The summed E-state index contributed by atoms with van der Waals surface area (Å²) < 4.78 is 13.5. The Morgan fingerprint density at radius 3 is 2.74 bits per heavy atom. The first-order valence-electron chi connectivity index (χ1n) is 6.06. The van der Waals surface area contributed by atoms with E-state index in [9.17, 15) is 4.39 Å². The topological polar surface area (TPSA) is 38.9 Å². The van der Waals surface area contributed by atoms with Crippen LogP contribution >= 0.6 is 0 Å². The quantitative estimate of drug-likeness (QED) is 0.712. The SMILES string of the molecule is Cc1cc(F)cc(-c2cccc3c(N)ccnc23)c1. The summed E-state index contributed by atoms with van der Waals surface area (Å²) >= 11 is 0. The molecule has 2 nitrogen and oxygen atoms in total. The first-order chi connectivity index (χ1) is 9.15. The Kier molecular flexibility index (Phi) is 2.67. The van der Waals surface area contributed by atoms with Crippen LogP contribution < -0.4 is 5.73 Å². The van der Waals surface area contributed by atoms with Gasteiger partial charge in [-0.1, -0.05) is 24.3 Å².